The highest BCUT2D eigenvalue weighted by Gasteiger charge is 2.43. The molecule has 0 bridgehead atoms. The number of rotatable bonds is 3. The van der Waals surface area contributed by atoms with Crippen LogP contribution >= 0.6 is 11.6 Å². The second kappa shape index (κ2) is 7.38. The molecule has 0 saturated heterocycles. The molecule has 2 amide bonds. The maximum Gasteiger partial charge on any atom is 0.365 e. The lowest BCUT2D eigenvalue weighted by atomic mass is 9.91. The molecule has 0 aromatic heterocycles. The first-order valence-electron chi connectivity index (χ1n) is 8.09. The number of nitrogens with two attached hydrogens (primary N) is 1. The molecule has 1 aliphatic rings. The summed E-state index contributed by atoms with van der Waals surface area (Å²) in [4.78, 5) is 30.8. The fourth-order valence-electron chi connectivity index (χ4n) is 2.96. The third-order valence-electron chi connectivity index (χ3n) is 4.28. The molecule has 2 aromatic rings. The number of hydrazine groups is 1. The fourth-order valence-corrected chi connectivity index (χ4v) is 3.23. The summed E-state index contributed by atoms with van der Waals surface area (Å²) < 4.78 is 14.6. The number of nitrogens with one attached hydrogen (secondary N) is 1. The van der Waals surface area contributed by atoms with Gasteiger partial charge in [-0.25, -0.2) is 15.0 Å². The van der Waals surface area contributed by atoms with Gasteiger partial charge >= 0.3 is 6.03 Å². The minimum atomic E-state index is -1.18. The van der Waals surface area contributed by atoms with Crippen LogP contribution in [0.3, 0.4) is 0 Å². The fraction of sp³-hybridized carbons (Fsp3) is 0.158. The molecule has 2 aromatic carbocycles. The number of urea groups is 1. The van der Waals surface area contributed by atoms with E-state index in [1.165, 1.54) is 25.1 Å². The molecule has 1 aliphatic heterocycles. The van der Waals surface area contributed by atoms with Crippen LogP contribution in [-0.4, -0.2) is 16.9 Å². The monoisotopic (exact) mass is 389 g/mol. The summed E-state index contributed by atoms with van der Waals surface area (Å²) in [6.45, 7) is 3.42. The van der Waals surface area contributed by atoms with Gasteiger partial charge in [-0.3, -0.25) is 10.2 Å². The van der Waals surface area contributed by atoms with E-state index in [1.54, 1.807) is 24.3 Å². The third-order valence-corrected chi connectivity index (χ3v) is 4.61. The van der Waals surface area contributed by atoms with E-state index in [-0.39, 0.29) is 21.9 Å². The second-order valence-electron chi connectivity index (χ2n) is 6.07. The molecular weight excluding hydrogens is 373 g/mol. The van der Waals surface area contributed by atoms with E-state index in [0.717, 1.165) is 10.6 Å². The Morgan fingerprint density at radius 2 is 1.85 bits per heavy atom. The van der Waals surface area contributed by atoms with Crippen LogP contribution in [-0.2, 0) is 4.84 Å². The molecule has 0 saturated carbocycles. The number of benzene rings is 2. The molecule has 1 unspecified atom stereocenters. The van der Waals surface area contributed by atoms with Crippen molar-refractivity contribution >= 4 is 23.4 Å². The molecule has 0 spiro atoms. The summed E-state index contributed by atoms with van der Waals surface area (Å²) in [6.07, 6.45) is 0. The summed E-state index contributed by atoms with van der Waals surface area (Å²) in [5.41, 5.74) is 3.36. The lowest BCUT2D eigenvalue weighted by molar-refractivity contribution is -0.0726. The van der Waals surface area contributed by atoms with Gasteiger partial charge in [0.1, 0.15) is 17.6 Å². The van der Waals surface area contributed by atoms with Crippen LogP contribution in [0.1, 0.15) is 34.5 Å². The van der Waals surface area contributed by atoms with E-state index in [4.69, 9.17) is 22.3 Å². The highest BCUT2D eigenvalue weighted by atomic mass is 35.5. The molecule has 8 heteroatoms. The standard InChI is InChI=1S/C19H17ClFN3O3/c1-10-6-8-12(9-7-10)18(25)15-11(2)27-24(19(26)23-22)17(15)16-13(20)4-3-5-14(16)21/h3-9,17H,22H2,1-2H3,(H,23,26). The van der Waals surface area contributed by atoms with Gasteiger partial charge in [0.15, 0.2) is 5.78 Å². The number of hydrogen-bond donors (Lipinski definition) is 2. The Hall–Kier alpha value is -2.90. The molecule has 0 fully saturated rings. The number of ketones is 1. The number of allylic oxidation sites excluding steroid dienone is 1. The van der Waals surface area contributed by atoms with Gasteiger partial charge in [-0.05, 0) is 26.0 Å². The Balaban J connectivity index is 2.15. The Labute approximate surface area is 160 Å². The number of halogens is 2. The predicted molar refractivity (Wildman–Crippen MR) is 98.0 cm³/mol. The van der Waals surface area contributed by atoms with Gasteiger partial charge in [0.2, 0.25) is 0 Å². The average molecular weight is 390 g/mol. The molecule has 1 atom stereocenters. The lowest BCUT2D eigenvalue weighted by Crippen LogP contribution is -2.43. The van der Waals surface area contributed by atoms with E-state index in [9.17, 15) is 14.0 Å². The molecule has 140 valence electrons. The van der Waals surface area contributed by atoms with E-state index in [1.807, 2.05) is 12.3 Å². The third kappa shape index (κ3) is 3.39. The van der Waals surface area contributed by atoms with Crippen LogP contribution in [0.5, 0.6) is 0 Å². The van der Waals surface area contributed by atoms with Crippen molar-refractivity contribution in [2.45, 2.75) is 19.9 Å². The van der Waals surface area contributed by atoms with Gasteiger partial charge in [0, 0.05) is 16.1 Å². The van der Waals surface area contributed by atoms with E-state index in [0.29, 0.717) is 5.56 Å². The molecule has 0 aliphatic carbocycles. The van der Waals surface area contributed by atoms with Crippen molar-refractivity contribution in [2.75, 3.05) is 0 Å². The number of nitrogens with zero attached hydrogens (tertiary/aromatic N) is 1. The molecular formula is C19H17ClFN3O3. The van der Waals surface area contributed by atoms with Crippen molar-refractivity contribution in [3.63, 3.8) is 0 Å². The number of carbonyl (C=O) groups is 2. The summed E-state index contributed by atoms with van der Waals surface area (Å²) in [6, 6.07) is 8.96. The Morgan fingerprint density at radius 3 is 2.44 bits per heavy atom. The van der Waals surface area contributed by atoms with Crippen LogP contribution in [0.15, 0.2) is 53.8 Å². The molecule has 3 N–H and O–H groups in total. The van der Waals surface area contributed by atoms with Gasteiger partial charge in [-0.15, -0.1) is 5.06 Å². The number of Topliss-reactive ketones (excluding diaryl/α,β-unsaturated/α-hetero) is 1. The van der Waals surface area contributed by atoms with Gasteiger partial charge in [0.05, 0.1) is 5.57 Å². The van der Waals surface area contributed by atoms with E-state index >= 15 is 0 Å². The Kier molecular flexibility index (Phi) is 5.16. The van der Waals surface area contributed by atoms with Crippen molar-refractivity contribution in [1.29, 1.82) is 0 Å². The first-order chi connectivity index (χ1) is 12.8. The minimum absolute atomic E-state index is 0.0462. The number of carbonyl (C=O) groups excluding carboxylic acids is 2. The van der Waals surface area contributed by atoms with Gasteiger partial charge in [-0.2, -0.15) is 0 Å². The van der Waals surface area contributed by atoms with Crippen LogP contribution < -0.4 is 11.3 Å². The number of hydroxylamine groups is 2. The van der Waals surface area contributed by atoms with Crippen LogP contribution in [0.4, 0.5) is 9.18 Å². The van der Waals surface area contributed by atoms with Crippen molar-refractivity contribution in [1.82, 2.24) is 10.5 Å². The van der Waals surface area contributed by atoms with Crippen molar-refractivity contribution < 1.29 is 18.8 Å². The lowest BCUT2D eigenvalue weighted by Gasteiger charge is -2.25. The first kappa shape index (κ1) is 18.9. The smallest absolute Gasteiger partial charge is 0.365 e. The predicted octanol–water partition coefficient (Wildman–Crippen LogP) is 3.82. The summed E-state index contributed by atoms with van der Waals surface area (Å²) in [5.74, 6) is 4.30. The molecule has 27 heavy (non-hydrogen) atoms. The molecule has 6 nitrogen and oxygen atoms in total. The average Bonchev–Trinajstić information content (AvgIpc) is 2.98. The molecule has 0 radical (unpaired) electrons. The van der Waals surface area contributed by atoms with Crippen LogP contribution in [0.25, 0.3) is 0 Å². The van der Waals surface area contributed by atoms with Gasteiger partial charge in [-0.1, -0.05) is 47.5 Å². The SMILES string of the molecule is CC1=C(C(=O)c2ccc(C)cc2)C(c2c(F)cccc2Cl)N(C(=O)NN)O1. The largest absolute Gasteiger partial charge is 0.379 e. The van der Waals surface area contributed by atoms with Crippen molar-refractivity contribution in [3.05, 3.63) is 81.3 Å². The zero-order chi connectivity index (χ0) is 19.7. The first-order valence-corrected chi connectivity index (χ1v) is 8.46. The Morgan fingerprint density at radius 1 is 1.19 bits per heavy atom. The zero-order valence-electron chi connectivity index (χ0n) is 14.6. The van der Waals surface area contributed by atoms with E-state index in [2.05, 4.69) is 0 Å². The van der Waals surface area contributed by atoms with Crippen LogP contribution in [0.2, 0.25) is 5.02 Å². The molecule has 3 rings (SSSR count). The highest BCUT2D eigenvalue weighted by molar-refractivity contribution is 6.31. The maximum atomic E-state index is 14.6. The van der Waals surface area contributed by atoms with Gasteiger partial charge in [0.25, 0.3) is 0 Å². The number of aryl methyl sites for hydroxylation is 1. The second-order valence-corrected chi connectivity index (χ2v) is 6.48. The normalized spacial score (nSPS) is 16.3. The Bertz CT molecular complexity index is 923. The summed E-state index contributed by atoms with van der Waals surface area (Å²) >= 11 is 6.19. The minimum Gasteiger partial charge on any atom is -0.379 e. The number of amides is 2. The van der Waals surface area contributed by atoms with E-state index < -0.39 is 23.7 Å². The topological polar surface area (TPSA) is 84.7 Å². The summed E-state index contributed by atoms with van der Waals surface area (Å²) in [5, 5.41) is 0.864. The highest BCUT2D eigenvalue weighted by Crippen LogP contribution is 2.43. The number of hydrogen-bond acceptors (Lipinski definition) is 4. The van der Waals surface area contributed by atoms with Gasteiger partial charge < -0.3 is 4.84 Å². The summed E-state index contributed by atoms with van der Waals surface area (Å²) in [7, 11) is 0. The quantitative estimate of drug-likeness (QED) is 0.362. The zero-order valence-corrected chi connectivity index (χ0v) is 15.4. The maximum absolute atomic E-state index is 14.6. The molecule has 1 heterocycles. The van der Waals surface area contributed by atoms with Crippen LogP contribution in [0, 0.1) is 12.7 Å². The van der Waals surface area contributed by atoms with Crippen molar-refractivity contribution in [2.24, 2.45) is 5.84 Å². The van der Waals surface area contributed by atoms with Crippen molar-refractivity contribution in [3.8, 4) is 0 Å².